The predicted octanol–water partition coefficient (Wildman–Crippen LogP) is 4.23. The van der Waals surface area contributed by atoms with Gasteiger partial charge in [-0.25, -0.2) is 4.39 Å². The Bertz CT molecular complexity index is 648. The van der Waals surface area contributed by atoms with Gasteiger partial charge in [-0.05, 0) is 43.7 Å². The van der Waals surface area contributed by atoms with Crippen molar-refractivity contribution in [3.63, 3.8) is 0 Å². The summed E-state index contributed by atoms with van der Waals surface area (Å²) in [5, 5.41) is 3.32. The number of benzene rings is 2. The van der Waals surface area contributed by atoms with Crippen LogP contribution in [0.4, 0.5) is 4.39 Å². The Morgan fingerprint density at radius 1 is 1.14 bits per heavy atom. The van der Waals surface area contributed by atoms with Gasteiger partial charge in [0, 0.05) is 24.1 Å². The first kappa shape index (κ1) is 14.1. The summed E-state index contributed by atoms with van der Waals surface area (Å²) < 4.78 is 19.6. The second kappa shape index (κ2) is 5.49. The van der Waals surface area contributed by atoms with E-state index in [2.05, 4.69) is 37.4 Å². The molecule has 0 amide bonds. The van der Waals surface area contributed by atoms with Crippen LogP contribution in [0.1, 0.15) is 40.8 Å². The number of nitrogens with one attached hydrogen (secondary N) is 1. The van der Waals surface area contributed by atoms with Crippen LogP contribution in [0.25, 0.3) is 0 Å². The fraction of sp³-hybridized carbons (Fsp3) is 0.333. The molecule has 2 atom stereocenters. The molecule has 2 nitrogen and oxygen atoms in total. The number of hydrogen-bond acceptors (Lipinski definition) is 2. The lowest BCUT2D eigenvalue weighted by Gasteiger charge is -2.33. The molecule has 3 heteroatoms. The van der Waals surface area contributed by atoms with Gasteiger partial charge in [-0.3, -0.25) is 0 Å². The third kappa shape index (κ3) is 2.54. The molecule has 0 fully saturated rings. The molecule has 21 heavy (non-hydrogen) atoms. The van der Waals surface area contributed by atoms with Crippen LogP contribution in [0.2, 0.25) is 0 Å². The third-order valence-corrected chi connectivity index (χ3v) is 4.28. The predicted molar refractivity (Wildman–Crippen MR) is 82.1 cm³/mol. The molecule has 2 aromatic carbocycles. The Morgan fingerprint density at radius 2 is 1.86 bits per heavy atom. The van der Waals surface area contributed by atoms with E-state index in [1.165, 1.54) is 28.8 Å². The van der Waals surface area contributed by atoms with Crippen molar-refractivity contribution in [3.05, 3.63) is 64.5 Å². The maximum atomic E-state index is 13.5. The Labute approximate surface area is 125 Å². The second-order valence-corrected chi connectivity index (χ2v) is 5.67. The summed E-state index contributed by atoms with van der Waals surface area (Å²) in [7, 11) is 1.94. The first-order valence-electron chi connectivity index (χ1n) is 7.29. The molecule has 0 aliphatic carbocycles. The van der Waals surface area contributed by atoms with Gasteiger partial charge in [0.25, 0.3) is 0 Å². The third-order valence-electron chi connectivity index (χ3n) is 4.28. The second-order valence-electron chi connectivity index (χ2n) is 5.67. The zero-order valence-electron chi connectivity index (χ0n) is 12.6. The highest BCUT2D eigenvalue weighted by molar-refractivity contribution is 5.42. The quantitative estimate of drug-likeness (QED) is 0.891. The van der Waals surface area contributed by atoms with E-state index in [4.69, 9.17) is 4.74 Å². The molecular formula is C18H20FNO. The van der Waals surface area contributed by atoms with Gasteiger partial charge in [-0.2, -0.15) is 0 Å². The van der Waals surface area contributed by atoms with Crippen LogP contribution in [0.15, 0.2) is 36.4 Å². The smallest absolute Gasteiger partial charge is 0.127 e. The fourth-order valence-electron chi connectivity index (χ4n) is 3.23. The van der Waals surface area contributed by atoms with E-state index in [0.29, 0.717) is 5.75 Å². The maximum absolute atomic E-state index is 13.5. The molecule has 110 valence electrons. The minimum absolute atomic E-state index is 0.0436. The van der Waals surface area contributed by atoms with E-state index in [9.17, 15) is 4.39 Å². The minimum atomic E-state index is -0.259. The number of rotatable bonds is 2. The molecule has 0 saturated heterocycles. The number of aryl methyl sites for hydroxylation is 2. The van der Waals surface area contributed by atoms with E-state index in [1.807, 2.05) is 13.1 Å². The molecule has 1 aliphatic heterocycles. The number of fused-ring (bicyclic) bond motifs is 1. The van der Waals surface area contributed by atoms with Gasteiger partial charge in [0.2, 0.25) is 0 Å². The Morgan fingerprint density at radius 3 is 2.52 bits per heavy atom. The molecule has 1 heterocycles. The van der Waals surface area contributed by atoms with Crippen molar-refractivity contribution in [1.82, 2.24) is 5.32 Å². The largest absolute Gasteiger partial charge is 0.485 e. The molecule has 0 spiro atoms. The van der Waals surface area contributed by atoms with Crippen LogP contribution in [-0.4, -0.2) is 7.05 Å². The topological polar surface area (TPSA) is 21.3 Å². The highest BCUT2D eigenvalue weighted by atomic mass is 19.1. The molecule has 2 unspecified atom stereocenters. The first-order chi connectivity index (χ1) is 10.1. The van der Waals surface area contributed by atoms with Gasteiger partial charge >= 0.3 is 0 Å². The van der Waals surface area contributed by atoms with Gasteiger partial charge in [0.1, 0.15) is 17.7 Å². The Balaban J connectivity index is 2.04. The molecule has 2 aromatic rings. The summed E-state index contributed by atoms with van der Waals surface area (Å²) >= 11 is 0. The van der Waals surface area contributed by atoms with Crippen LogP contribution in [0, 0.1) is 19.7 Å². The number of hydrogen-bond donors (Lipinski definition) is 1. The van der Waals surface area contributed by atoms with E-state index < -0.39 is 0 Å². The first-order valence-corrected chi connectivity index (χ1v) is 7.29. The highest BCUT2D eigenvalue weighted by Gasteiger charge is 2.30. The summed E-state index contributed by atoms with van der Waals surface area (Å²) in [6.07, 6.45) is 0.804. The van der Waals surface area contributed by atoms with E-state index >= 15 is 0 Å². The summed E-state index contributed by atoms with van der Waals surface area (Å²) in [5.74, 6) is 0.388. The van der Waals surface area contributed by atoms with Crippen molar-refractivity contribution >= 4 is 0 Å². The van der Waals surface area contributed by atoms with Gasteiger partial charge in [0.15, 0.2) is 0 Å². The Kier molecular flexibility index (Phi) is 3.68. The average Bonchev–Trinajstić information content (AvgIpc) is 2.45. The average molecular weight is 285 g/mol. The van der Waals surface area contributed by atoms with Crippen LogP contribution >= 0.6 is 0 Å². The van der Waals surface area contributed by atoms with Crippen molar-refractivity contribution in [2.45, 2.75) is 32.4 Å². The van der Waals surface area contributed by atoms with Gasteiger partial charge < -0.3 is 10.1 Å². The lowest BCUT2D eigenvalue weighted by atomic mass is 9.89. The van der Waals surface area contributed by atoms with Crippen LogP contribution in [0.3, 0.4) is 0 Å². The maximum Gasteiger partial charge on any atom is 0.127 e. The summed E-state index contributed by atoms with van der Waals surface area (Å²) in [5.41, 5.74) is 4.68. The van der Waals surface area contributed by atoms with Gasteiger partial charge in [0.05, 0.1) is 0 Å². The molecule has 0 radical (unpaired) electrons. The van der Waals surface area contributed by atoms with Crippen molar-refractivity contribution in [2.24, 2.45) is 0 Å². The Hall–Kier alpha value is -1.87. The number of ether oxygens (including phenoxy) is 1. The van der Waals surface area contributed by atoms with E-state index in [-0.39, 0.29) is 18.0 Å². The van der Waals surface area contributed by atoms with Crippen molar-refractivity contribution in [2.75, 3.05) is 7.05 Å². The standard InChI is InChI=1S/C18H20FNO/c1-11-5-4-6-12(2)18(11)17-10-15(20-3)14-8-7-13(19)9-16(14)21-17/h4-9,15,17,20H,10H2,1-3H3. The van der Waals surface area contributed by atoms with E-state index in [0.717, 1.165) is 12.0 Å². The van der Waals surface area contributed by atoms with E-state index in [1.54, 1.807) is 0 Å². The molecule has 3 rings (SSSR count). The van der Waals surface area contributed by atoms with Crippen LogP contribution < -0.4 is 10.1 Å². The molecule has 0 aromatic heterocycles. The highest BCUT2D eigenvalue weighted by Crippen LogP contribution is 2.42. The van der Waals surface area contributed by atoms with Crippen molar-refractivity contribution in [3.8, 4) is 5.75 Å². The minimum Gasteiger partial charge on any atom is -0.485 e. The van der Waals surface area contributed by atoms with Gasteiger partial charge in [-0.15, -0.1) is 0 Å². The SMILES string of the molecule is CNC1CC(c2c(C)cccc2C)Oc2cc(F)ccc21. The molecule has 0 saturated carbocycles. The van der Waals surface area contributed by atoms with Crippen LogP contribution in [-0.2, 0) is 0 Å². The zero-order chi connectivity index (χ0) is 15.0. The zero-order valence-corrected chi connectivity index (χ0v) is 12.6. The summed E-state index contributed by atoms with van der Waals surface area (Å²) in [6, 6.07) is 11.2. The molecular weight excluding hydrogens is 265 g/mol. The van der Waals surface area contributed by atoms with Gasteiger partial charge in [-0.1, -0.05) is 24.3 Å². The normalized spacial score (nSPS) is 20.8. The fourth-order valence-corrected chi connectivity index (χ4v) is 3.23. The summed E-state index contributed by atoms with van der Waals surface area (Å²) in [4.78, 5) is 0. The lowest BCUT2D eigenvalue weighted by molar-refractivity contribution is 0.152. The van der Waals surface area contributed by atoms with Crippen molar-refractivity contribution < 1.29 is 9.13 Å². The summed E-state index contributed by atoms with van der Waals surface area (Å²) in [6.45, 7) is 4.20. The number of halogens is 1. The van der Waals surface area contributed by atoms with Crippen LogP contribution in [0.5, 0.6) is 5.75 Å². The molecule has 0 bridgehead atoms. The lowest BCUT2D eigenvalue weighted by Crippen LogP contribution is -2.27. The molecule has 1 aliphatic rings. The van der Waals surface area contributed by atoms with Crippen molar-refractivity contribution in [1.29, 1.82) is 0 Å². The molecule has 1 N–H and O–H groups in total. The monoisotopic (exact) mass is 285 g/mol.